The summed E-state index contributed by atoms with van der Waals surface area (Å²) in [6, 6.07) is 22.7. The molecule has 1 N–H and O–H groups in total. The van der Waals surface area contributed by atoms with Crippen LogP contribution in [-0.2, 0) is 12.0 Å². The third kappa shape index (κ3) is 3.45. The average molecular weight is 515 g/mol. The highest BCUT2D eigenvalue weighted by Crippen LogP contribution is 2.67. The Balaban J connectivity index is 1.52. The minimum absolute atomic E-state index is 0.0475. The van der Waals surface area contributed by atoms with Gasteiger partial charge in [-0.05, 0) is 72.6 Å². The molecule has 3 nitrogen and oxygen atoms in total. The number of benzene rings is 2. The van der Waals surface area contributed by atoms with Crippen molar-refractivity contribution in [1.82, 2.24) is 0 Å². The molecule has 2 aromatic carbocycles. The SMILES string of the molecule is Cc1ccc2[n+](c1)C1C(c3ccccc3-2)C12C=C(CO)c1cc(CC(C)(C)C)c(-c3c(C)cccc3C)c[n+]12. The predicted molar refractivity (Wildman–Crippen MR) is 156 cm³/mol. The highest BCUT2D eigenvalue weighted by atomic mass is 16.3. The van der Waals surface area contributed by atoms with E-state index >= 15 is 0 Å². The topological polar surface area (TPSA) is 28.0 Å². The van der Waals surface area contributed by atoms with Crippen molar-refractivity contribution in [1.29, 1.82) is 0 Å². The molecule has 0 bridgehead atoms. The molecule has 0 amide bonds. The van der Waals surface area contributed by atoms with Gasteiger partial charge in [0, 0.05) is 29.3 Å². The van der Waals surface area contributed by atoms with E-state index in [0.29, 0.717) is 5.92 Å². The lowest BCUT2D eigenvalue weighted by Crippen LogP contribution is -2.51. The van der Waals surface area contributed by atoms with Crippen LogP contribution in [0.15, 0.2) is 79.1 Å². The van der Waals surface area contributed by atoms with Gasteiger partial charge >= 0.3 is 0 Å². The van der Waals surface area contributed by atoms with Crippen LogP contribution in [0.5, 0.6) is 0 Å². The first-order valence-electron chi connectivity index (χ1n) is 14.2. The second kappa shape index (κ2) is 8.22. The molecule has 0 saturated heterocycles. The quantitative estimate of drug-likeness (QED) is 0.309. The number of aromatic nitrogens is 2. The monoisotopic (exact) mass is 514 g/mol. The number of allylic oxidation sites excluding steroid dienone is 1. The van der Waals surface area contributed by atoms with Crippen molar-refractivity contribution in [2.24, 2.45) is 5.41 Å². The fraction of sp³-hybridized carbons (Fsp3) is 0.333. The van der Waals surface area contributed by atoms with E-state index in [-0.39, 0.29) is 23.6 Å². The average Bonchev–Trinajstić information content (AvgIpc) is 3.45. The fourth-order valence-corrected chi connectivity index (χ4v) is 7.63. The van der Waals surface area contributed by atoms with E-state index in [1.54, 1.807) is 0 Å². The molecule has 1 aliphatic carbocycles. The summed E-state index contributed by atoms with van der Waals surface area (Å²) in [6.45, 7) is 13.6. The van der Waals surface area contributed by atoms with Crippen molar-refractivity contribution in [2.75, 3.05) is 6.61 Å². The van der Waals surface area contributed by atoms with Gasteiger partial charge < -0.3 is 5.11 Å². The first kappa shape index (κ1) is 24.5. The van der Waals surface area contributed by atoms with E-state index in [2.05, 4.69) is 130 Å². The molecule has 4 heterocycles. The minimum atomic E-state index is -0.237. The van der Waals surface area contributed by atoms with Crippen LogP contribution in [0.4, 0.5) is 0 Å². The first-order chi connectivity index (χ1) is 18.6. The smallest absolute Gasteiger partial charge is 0.263 e. The van der Waals surface area contributed by atoms with Crippen LogP contribution in [0.3, 0.4) is 0 Å². The molecule has 3 atom stereocenters. The first-order valence-corrected chi connectivity index (χ1v) is 14.2. The van der Waals surface area contributed by atoms with Crippen LogP contribution >= 0.6 is 0 Å². The molecule has 2 aromatic heterocycles. The lowest BCUT2D eigenvalue weighted by Gasteiger charge is -2.22. The van der Waals surface area contributed by atoms with Gasteiger partial charge in [0.1, 0.15) is 5.92 Å². The maximum absolute atomic E-state index is 10.7. The lowest BCUT2D eigenvalue weighted by atomic mass is 9.83. The second-order valence-corrected chi connectivity index (χ2v) is 13.2. The lowest BCUT2D eigenvalue weighted by molar-refractivity contribution is -0.778. The number of aryl methyl sites for hydroxylation is 3. The summed E-state index contributed by atoms with van der Waals surface area (Å²) in [5.74, 6) is 0.320. The van der Waals surface area contributed by atoms with Gasteiger partial charge in [0.25, 0.3) is 5.54 Å². The number of hydrogen-bond acceptors (Lipinski definition) is 1. The maximum atomic E-state index is 10.7. The summed E-state index contributed by atoms with van der Waals surface area (Å²) in [6.07, 6.45) is 8.13. The number of fused-ring (bicyclic) bond motifs is 10. The van der Waals surface area contributed by atoms with Crippen LogP contribution < -0.4 is 9.13 Å². The van der Waals surface area contributed by atoms with E-state index < -0.39 is 0 Å². The van der Waals surface area contributed by atoms with Gasteiger partial charge in [-0.2, -0.15) is 9.13 Å². The van der Waals surface area contributed by atoms with E-state index in [9.17, 15) is 5.11 Å². The largest absolute Gasteiger partial charge is 0.391 e. The van der Waals surface area contributed by atoms with Crippen molar-refractivity contribution in [3.05, 3.63) is 113 Å². The van der Waals surface area contributed by atoms with E-state index in [1.165, 1.54) is 50.2 Å². The van der Waals surface area contributed by atoms with Crippen molar-refractivity contribution < 1.29 is 14.2 Å². The predicted octanol–water partition coefficient (Wildman–Crippen LogP) is 6.55. The van der Waals surface area contributed by atoms with Gasteiger partial charge in [-0.1, -0.05) is 57.2 Å². The molecule has 39 heavy (non-hydrogen) atoms. The Morgan fingerprint density at radius 1 is 0.846 bits per heavy atom. The van der Waals surface area contributed by atoms with Crippen LogP contribution in [0.2, 0.25) is 0 Å². The van der Waals surface area contributed by atoms with Crippen molar-refractivity contribution in [3.63, 3.8) is 0 Å². The van der Waals surface area contributed by atoms with Gasteiger partial charge in [-0.15, -0.1) is 0 Å². The third-order valence-corrected chi connectivity index (χ3v) is 9.14. The zero-order chi connectivity index (χ0) is 27.3. The summed E-state index contributed by atoms with van der Waals surface area (Å²) in [4.78, 5) is 0. The molecule has 3 aliphatic rings. The standard InChI is InChI=1S/C36H38N2O/c1-22-14-15-30-27-12-7-8-13-28(27)33-34(37(30)19-22)36(33)18-26(21-39)31-16-25(17-35(4,5)6)29(20-38(31)36)32-23(2)10-9-11-24(32)3/h7-16,18-20,33-34,39H,17,21H2,1-6H3/q+2. The van der Waals surface area contributed by atoms with E-state index in [4.69, 9.17) is 0 Å². The summed E-state index contributed by atoms with van der Waals surface area (Å²) in [7, 11) is 0. The normalized spacial score (nSPS) is 22.2. The number of hydrogen-bond donors (Lipinski definition) is 1. The molecule has 7 rings (SSSR count). The number of pyridine rings is 2. The fourth-order valence-electron chi connectivity index (χ4n) is 7.63. The van der Waals surface area contributed by atoms with Gasteiger partial charge in [0.15, 0.2) is 12.4 Å². The van der Waals surface area contributed by atoms with Crippen molar-refractivity contribution in [3.8, 4) is 22.4 Å². The van der Waals surface area contributed by atoms with Crippen LogP contribution in [-0.4, -0.2) is 11.7 Å². The van der Waals surface area contributed by atoms with Crippen LogP contribution in [0.25, 0.3) is 28.0 Å². The summed E-state index contributed by atoms with van der Waals surface area (Å²) >= 11 is 0. The van der Waals surface area contributed by atoms with E-state index in [1.807, 2.05) is 0 Å². The summed E-state index contributed by atoms with van der Waals surface area (Å²) in [5.41, 5.74) is 14.0. The number of aliphatic hydroxyl groups excluding tert-OH is 1. The molecule has 1 spiro atoms. The molecule has 196 valence electrons. The zero-order valence-electron chi connectivity index (χ0n) is 23.9. The Bertz CT molecular complexity index is 1690. The number of aliphatic hydroxyl groups is 1. The molecule has 1 saturated carbocycles. The molecule has 4 aromatic rings. The van der Waals surface area contributed by atoms with Gasteiger partial charge in [0.2, 0.25) is 17.4 Å². The van der Waals surface area contributed by atoms with E-state index in [0.717, 1.165) is 17.7 Å². The Labute approximate surface area is 232 Å². The third-order valence-electron chi connectivity index (χ3n) is 9.14. The Morgan fingerprint density at radius 3 is 2.31 bits per heavy atom. The molecular formula is C36H38N2O+2. The van der Waals surface area contributed by atoms with Crippen LogP contribution in [0, 0.1) is 26.2 Å². The number of nitrogens with zero attached hydrogens (tertiary/aromatic N) is 2. The zero-order valence-corrected chi connectivity index (χ0v) is 23.9. The highest BCUT2D eigenvalue weighted by molar-refractivity contribution is 5.76. The number of rotatable bonds is 3. The Kier molecular flexibility index (Phi) is 5.16. The van der Waals surface area contributed by atoms with Gasteiger partial charge in [0.05, 0.1) is 17.7 Å². The Hall–Kier alpha value is -3.56. The van der Waals surface area contributed by atoms with Crippen LogP contribution in [0.1, 0.15) is 66.2 Å². The van der Waals surface area contributed by atoms with Crippen molar-refractivity contribution >= 4 is 5.57 Å². The molecule has 3 heteroatoms. The van der Waals surface area contributed by atoms with Gasteiger partial charge in [-0.3, -0.25) is 0 Å². The molecule has 3 unspecified atom stereocenters. The Morgan fingerprint density at radius 2 is 1.59 bits per heavy atom. The summed E-state index contributed by atoms with van der Waals surface area (Å²) < 4.78 is 5.04. The second-order valence-electron chi connectivity index (χ2n) is 13.2. The van der Waals surface area contributed by atoms with Crippen molar-refractivity contribution in [2.45, 2.75) is 65.5 Å². The molecule has 2 aliphatic heterocycles. The minimum Gasteiger partial charge on any atom is -0.391 e. The summed E-state index contributed by atoms with van der Waals surface area (Å²) in [5, 5.41) is 10.7. The maximum Gasteiger partial charge on any atom is 0.263 e. The molecular weight excluding hydrogens is 476 g/mol. The highest BCUT2D eigenvalue weighted by Gasteiger charge is 2.83. The molecule has 0 radical (unpaired) electrons. The molecule has 1 fully saturated rings. The van der Waals surface area contributed by atoms with Gasteiger partial charge in [-0.25, -0.2) is 0 Å².